The maximum absolute atomic E-state index is 12.4. The van der Waals surface area contributed by atoms with Crippen molar-refractivity contribution in [1.82, 2.24) is 9.62 Å². The monoisotopic (exact) mass is 393 g/mol. The molecule has 8 nitrogen and oxygen atoms in total. The van der Waals surface area contributed by atoms with Gasteiger partial charge < -0.3 is 9.64 Å². The van der Waals surface area contributed by atoms with E-state index in [4.69, 9.17) is 10.00 Å². The molecule has 0 saturated carbocycles. The lowest BCUT2D eigenvalue weighted by molar-refractivity contribution is -0.158. The van der Waals surface area contributed by atoms with Crippen molar-refractivity contribution in [2.24, 2.45) is 0 Å². The second kappa shape index (κ2) is 9.48. The molecule has 0 aliphatic carbocycles. The zero-order chi connectivity index (χ0) is 19.9. The van der Waals surface area contributed by atoms with Crippen LogP contribution in [0.5, 0.6) is 0 Å². The second-order valence-corrected chi connectivity index (χ2v) is 8.10. The van der Waals surface area contributed by atoms with Gasteiger partial charge in [0.1, 0.15) is 6.54 Å². The standard InChI is InChI=1S/C18H23N3O5S/c1-14(18(23)21-10-4-2-3-5-11-21)26-17(22)13-20-27(24,25)16-8-6-15(12-19)7-9-16/h6-9,14,20H,2-5,10-11,13H2,1H3/t14-/m1/s1. The number of likely N-dealkylation sites (tertiary alicyclic amines) is 1. The van der Waals surface area contributed by atoms with E-state index < -0.39 is 28.6 Å². The molecule has 1 amide bonds. The van der Waals surface area contributed by atoms with Crippen molar-refractivity contribution < 1.29 is 22.7 Å². The summed E-state index contributed by atoms with van der Waals surface area (Å²) in [5, 5.41) is 8.74. The topological polar surface area (TPSA) is 117 Å². The van der Waals surface area contributed by atoms with Crippen LogP contribution in [0.3, 0.4) is 0 Å². The number of carbonyl (C=O) groups is 2. The first-order valence-electron chi connectivity index (χ1n) is 8.81. The molecular formula is C18H23N3O5S. The largest absolute Gasteiger partial charge is 0.452 e. The molecule has 1 aromatic carbocycles. The summed E-state index contributed by atoms with van der Waals surface area (Å²) < 4.78 is 31.5. The highest BCUT2D eigenvalue weighted by Gasteiger charge is 2.25. The van der Waals surface area contributed by atoms with E-state index in [1.165, 1.54) is 31.2 Å². The third-order valence-electron chi connectivity index (χ3n) is 4.27. The van der Waals surface area contributed by atoms with Crippen molar-refractivity contribution in [3.05, 3.63) is 29.8 Å². The van der Waals surface area contributed by atoms with Gasteiger partial charge in [-0.15, -0.1) is 0 Å². The van der Waals surface area contributed by atoms with Gasteiger partial charge in [0.15, 0.2) is 6.10 Å². The third kappa shape index (κ3) is 6.05. The Bertz CT molecular complexity index is 806. The smallest absolute Gasteiger partial charge is 0.321 e. The van der Waals surface area contributed by atoms with Gasteiger partial charge in [-0.2, -0.15) is 9.98 Å². The molecule has 27 heavy (non-hydrogen) atoms. The van der Waals surface area contributed by atoms with Gasteiger partial charge in [-0.3, -0.25) is 9.59 Å². The predicted octanol–water partition coefficient (Wildman–Crippen LogP) is 1.17. The van der Waals surface area contributed by atoms with Gasteiger partial charge in [0.2, 0.25) is 10.0 Å². The number of hydrogen-bond donors (Lipinski definition) is 1. The van der Waals surface area contributed by atoms with Gasteiger partial charge >= 0.3 is 5.97 Å². The van der Waals surface area contributed by atoms with Crippen LogP contribution in [0, 0.1) is 11.3 Å². The molecule has 0 bridgehead atoms. The van der Waals surface area contributed by atoms with Crippen molar-refractivity contribution in [2.45, 2.75) is 43.6 Å². The summed E-state index contributed by atoms with van der Waals surface area (Å²) in [5.74, 6) is -1.09. The number of hydrogen-bond acceptors (Lipinski definition) is 6. The Kier molecular flexibility index (Phi) is 7.33. The summed E-state index contributed by atoms with van der Waals surface area (Å²) >= 11 is 0. The van der Waals surface area contributed by atoms with Crippen LogP contribution in [0.4, 0.5) is 0 Å². The van der Waals surface area contributed by atoms with Crippen molar-refractivity contribution in [2.75, 3.05) is 19.6 Å². The first kappa shape index (κ1) is 20.9. The average Bonchev–Trinajstić information content (AvgIpc) is 2.95. The Morgan fingerprint density at radius 3 is 2.33 bits per heavy atom. The molecule has 1 aliphatic rings. The fraction of sp³-hybridized carbons (Fsp3) is 0.500. The zero-order valence-electron chi connectivity index (χ0n) is 15.2. The third-order valence-corrected chi connectivity index (χ3v) is 5.69. The molecule has 1 N–H and O–H groups in total. The van der Waals surface area contributed by atoms with E-state index in [2.05, 4.69) is 4.72 Å². The first-order chi connectivity index (χ1) is 12.8. The molecule has 0 spiro atoms. The van der Waals surface area contributed by atoms with Gasteiger partial charge in [-0.1, -0.05) is 12.8 Å². The van der Waals surface area contributed by atoms with Crippen LogP contribution in [-0.4, -0.2) is 50.9 Å². The summed E-state index contributed by atoms with van der Waals surface area (Å²) in [4.78, 5) is 25.9. The minimum absolute atomic E-state index is 0.0667. The SMILES string of the molecule is C[C@@H](OC(=O)CNS(=O)(=O)c1ccc(C#N)cc1)C(=O)N1CCCCCC1. The maximum atomic E-state index is 12.4. The van der Waals surface area contributed by atoms with Gasteiger partial charge in [0.05, 0.1) is 16.5 Å². The Balaban J connectivity index is 1.87. The van der Waals surface area contributed by atoms with E-state index in [1.54, 1.807) is 4.90 Å². The van der Waals surface area contributed by atoms with E-state index in [-0.39, 0.29) is 10.8 Å². The van der Waals surface area contributed by atoms with Gasteiger partial charge in [0.25, 0.3) is 5.91 Å². The summed E-state index contributed by atoms with van der Waals surface area (Å²) in [6.45, 7) is 2.19. The summed E-state index contributed by atoms with van der Waals surface area (Å²) in [6.07, 6.45) is 3.05. The molecule has 0 radical (unpaired) electrons. The Hall–Kier alpha value is -2.44. The number of rotatable bonds is 6. The fourth-order valence-electron chi connectivity index (χ4n) is 2.78. The van der Waals surface area contributed by atoms with E-state index in [9.17, 15) is 18.0 Å². The lowest BCUT2D eigenvalue weighted by atomic mass is 10.2. The van der Waals surface area contributed by atoms with E-state index in [0.717, 1.165) is 25.7 Å². The number of nitriles is 1. The summed E-state index contributed by atoms with van der Waals surface area (Å²) in [6, 6.07) is 7.18. The number of sulfonamides is 1. The molecule has 1 aliphatic heterocycles. The number of nitrogens with one attached hydrogen (secondary N) is 1. The van der Waals surface area contributed by atoms with Crippen LogP contribution < -0.4 is 4.72 Å². The van der Waals surface area contributed by atoms with E-state index >= 15 is 0 Å². The fourth-order valence-corrected chi connectivity index (χ4v) is 3.75. The Morgan fingerprint density at radius 1 is 1.19 bits per heavy atom. The number of esters is 1. The number of carbonyl (C=O) groups excluding carboxylic acids is 2. The van der Waals surface area contributed by atoms with E-state index in [1.807, 2.05) is 6.07 Å². The van der Waals surface area contributed by atoms with Crippen LogP contribution >= 0.6 is 0 Å². The molecule has 1 fully saturated rings. The molecule has 1 atom stereocenters. The van der Waals surface area contributed by atoms with Gasteiger partial charge in [-0.25, -0.2) is 8.42 Å². The minimum atomic E-state index is -3.92. The van der Waals surface area contributed by atoms with Crippen LogP contribution in [0.15, 0.2) is 29.2 Å². The van der Waals surface area contributed by atoms with Crippen molar-refractivity contribution in [1.29, 1.82) is 5.26 Å². The normalized spacial score (nSPS) is 16.1. The number of ether oxygens (including phenoxy) is 1. The van der Waals surface area contributed by atoms with Gasteiger partial charge in [0, 0.05) is 13.1 Å². The first-order valence-corrected chi connectivity index (χ1v) is 10.3. The minimum Gasteiger partial charge on any atom is -0.452 e. The number of nitrogens with zero attached hydrogens (tertiary/aromatic N) is 2. The summed E-state index contributed by atoms with van der Waals surface area (Å²) in [5.41, 5.74) is 0.328. The molecule has 0 unspecified atom stereocenters. The molecule has 1 heterocycles. The van der Waals surface area contributed by atoms with Crippen LogP contribution in [0.2, 0.25) is 0 Å². The molecule has 146 valence electrons. The van der Waals surface area contributed by atoms with Crippen molar-refractivity contribution in [3.63, 3.8) is 0 Å². The van der Waals surface area contributed by atoms with Crippen LogP contribution in [0.1, 0.15) is 38.2 Å². The molecule has 1 saturated heterocycles. The number of benzene rings is 1. The Morgan fingerprint density at radius 2 is 1.78 bits per heavy atom. The van der Waals surface area contributed by atoms with Crippen LogP contribution in [0.25, 0.3) is 0 Å². The predicted molar refractivity (Wildman–Crippen MR) is 96.9 cm³/mol. The van der Waals surface area contributed by atoms with Crippen molar-refractivity contribution in [3.8, 4) is 6.07 Å². The highest BCUT2D eigenvalue weighted by Crippen LogP contribution is 2.12. The maximum Gasteiger partial charge on any atom is 0.321 e. The Labute approximate surface area is 159 Å². The average molecular weight is 393 g/mol. The van der Waals surface area contributed by atoms with E-state index in [0.29, 0.717) is 18.7 Å². The highest BCUT2D eigenvalue weighted by molar-refractivity contribution is 7.89. The second-order valence-electron chi connectivity index (χ2n) is 6.33. The lowest BCUT2D eigenvalue weighted by Crippen LogP contribution is -2.42. The molecule has 0 aromatic heterocycles. The molecule has 2 rings (SSSR count). The lowest BCUT2D eigenvalue weighted by Gasteiger charge is -2.24. The summed E-state index contributed by atoms with van der Waals surface area (Å²) in [7, 11) is -3.92. The molecular weight excluding hydrogens is 370 g/mol. The van der Waals surface area contributed by atoms with Crippen molar-refractivity contribution >= 4 is 21.9 Å². The quantitative estimate of drug-likeness (QED) is 0.725. The number of amides is 1. The van der Waals surface area contributed by atoms with Crippen LogP contribution in [-0.2, 0) is 24.3 Å². The highest BCUT2D eigenvalue weighted by atomic mass is 32.2. The molecule has 1 aromatic rings. The molecule has 9 heteroatoms. The van der Waals surface area contributed by atoms with Gasteiger partial charge in [-0.05, 0) is 44.0 Å². The zero-order valence-corrected chi connectivity index (χ0v) is 16.0.